The van der Waals surface area contributed by atoms with Crippen LogP contribution in [0.4, 0.5) is 74.6 Å². The summed E-state index contributed by atoms with van der Waals surface area (Å²) in [6, 6.07) is 0. The van der Waals surface area contributed by atoms with E-state index in [1.54, 1.807) is 0 Å². The van der Waals surface area contributed by atoms with Crippen molar-refractivity contribution in [2.75, 3.05) is 6.61 Å². The average molecular weight is 548 g/mol. The fourth-order valence-electron chi connectivity index (χ4n) is 3.25. The van der Waals surface area contributed by atoms with E-state index in [1.807, 2.05) is 0 Å². The third-order valence-electron chi connectivity index (χ3n) is 4.95. The van der Waals surface area contributed by atoms with Crippen molar-refractivity contribution in [3.8, 4) is 0 Å². The summed E-state index contributed by atoms with van der Waals surface area (Å²) in [6.45, 7) is -0.369. The lowest BCUT2D eigenvalue weighted by Gasteiger charge is -2.44. The van der Waals surface area contributed by atoms with Gasteiger partial charge in [-0.1, -0.05) is 13.3 Å². The molecular weight excluding hydrogens is 535 g/mol. The van der Waals surface area contributed by atoms with Crippen LogP contribution in [0.15, 0.2) is 0 Å². The van der Waals surface area contributed by atoms with Gasteiger partial charge in [0.25, 0.3) is 0 Å². The number of hydrogen-bond donors (Lipinski definition) is 0. The first-order valence-electron chi connectivity index (χ1n) is 8.77. The molecule has 19 heteroatoms. The Morgan fingerprint density at radius 2 is 1.12 bits per heavy atom. The molecule has 0 spiro atoms. The van der Waals surface area contributed by atoms with Crippen LogP contribution in [0.1, 0.15) is 26.2 Å². The van der Waals surface area contributed by atoms with Crippen molar-refractivity contribution in [3.63, 3.8) is 0 Å². The van der Waals surface area contributed by atoms with Gasteiger partial charge in [0.15, 0.2) is 0 Å². The van der Waals surface area contributed by atoms with E-state index in [2.05, 4.69) is 9.47 Å². The number of unbranched alkanes of at least 4 members (excludes halogenated alkanes) is 1. The Balaban J connectivity index is 4.01. The molecule has 0 N–H and O–H groups in total. The Hall–Kier alpha value is -1.27. The molecule has 1 aliphatic heterocycles. The molecule has 3 unspecified atom stereocenters. The molecule has 0 saturated carbocycles. The summed E-state index contributed by atoms with van der Waals surface area (Å²) in [7, 11) is 0. The second kappa shape index (κ2) is 8.69. The Labute approximate surface area is 178 Å². The first kappa shape index (κ1) is 30.8. The Kier molecular flexibility index (Phi) is 7.86. The van der Waals surface area contributed by atoms with Crippen LogP contribution in [0.3, 0.4) is 0 Å². The molecule has 0 bridgehead atoms. The Morgan fingerprint density at radius 1 is 0.706 bits per heavy atom. The Morgan fingerprint density at radius 3 is 1.41 bits per heavy atom. The van der Waals surface area contributed by atoms with Gasteiger partial charge < -0.3 is 9.47 Å². The van der Waals surface area contributed by atoms with E-state index in [1.165, 1.54) is 6.92 Å². The van der Waals surface area contributed by atoms with Crippen LogP contribution >= 0.6 is 0 Å². The van der Waals surface area contributed by atoms with Gasteiger partial charge in [-0.05, 0) is 6.42 Å². The maximum atomic E-state index is 14.8. The van der Waals surface area contributed by atoms with Crippen LogP contribution in [0.2, 0.25) is 0 Å². The minimum Gasteiger partial charge on any atom is -0.346 e. The second-order valence-corrected chi connectivity index (χ2v) is 7.21. The van der Waals surface area contributed by atoms with Crippen molar-refractivity contribution in [1.82, 2.24) is 0 Å². The molecule has 0 aromatic rings. The van der Waals surface area contributed by atoms with Crippen LogP contribution < -0.4 is 0 Å². The topological polar surface area (TPSA) is 18.5 Å². The number of halogens is 17. The first-order valence-corrected chi connectivity index (χ1v) is 8.77. The quantitative estimate of drug-likeness (QED) is 0.260. The summed E-state index contributed by atoms with van der Waals surface area (Å²) in [5.41, 5.74) is -14.3. The van der Waals surface area contributed by atoms with E-state index in [0.717, 1.165) is 0 Å². The normalized spacial score (nSPS) is 26.3. The molecule has 1 saturated heterocycles. The molecule has 1 heterocycles. The van der Waals surface area contributed by atoms with Gasteiger partial charge in [0.05, 0.1) is 12.5 Å². The van der Waals surface area contributed by atoms with Crippen LogP contribution in [-0.4, -0.2) is 60.7 Å². The molecule has 1 aliphatic rings. The van der Waals surface area contributed by atoms with Crippen LogP contribution in [-0.2, 0) is 9.47 Å². The molecule has 0 amide bonds. The van der Waals surface area contributed by atoms with Gasteiger partial charge in [0, 0.05) is 6.42 Å². The maximum Gasteiger partial charge on any atom is 0.437 e. The highest BCUT2D eigenvalue weighted by molar-refractivity contribution is 5.16. The van der Waals surface area contributed by atoms with E-state index in [0.29, 0.717) is 0 Å². The number of alkyl halides is 17. The van der Waals surface area contributed by atoms with Crippen molar-refractivity contribution in [2.24, 2.45) is 5.92 Å². The van der Waals surface area contributed by atoms with Crippen molar-refractivity contribution in [3.05, 3.63) is 0 Å². The highest BCUT2D eigenvalue weighted by Gasteiger charge is 2.90. The molecule has 2 nitrogen and oxygen atoms in total. The van der Waals surface area contributed by atoms with E-state index in [4.69, 9.17) is 0 Å². The minimum absolute atomic E-state index is 0.211. The molecule has 34 heavy (non-hydrogen) atoms. The molecule has 1 rings (SSSR count). The number of hydrogen-bond acceptors (Lipinski definition) is 2. The van der Waals surface area contributed by atoms with Crippen molar-refractivity contribution in [1.29, 1.82) is 0 Å². The van der Waals surface area contributed by atoms with E-state index >= 15 is 0 Å². The SMILES string of the molecule is CCCCOC1(C(F)(C(F)(F)F)C(F)(F)F)CC(C(F)(F)F)C(C(F)(C(F)(F)F)C(F)(F)F)O1. The van der Waals surface area contributed by atoms with Crippen molar-refractivity contribution < 1.29 is 84.1 Å². The molecular formula is C15H13F17O2. The minimum atomic E-state index is -7.41. The first-order chi connectivity index (χ1) is 14.7. The molecule has 0 aromatic carbocycles. The Bertz CT molecular complexity index is 672. The lowest BCUT2D eigenvalue weighted by Crippen LogP contribution is -2.70. The van der Waals surface area contributed by atoms with E-state index in [9.17, 15) is 74.6 Å². The molecule has 3 atom stereocenters. The zero-order valence-electron chi connectivity index (χ0n) is 16.2. The summed E-state index contributed by atoms with van der Waals surface area (Å²) in [6.07, 6.45) is -45.3. The average Bonchev–Trinajstić information content (AvgIpc) is 2.98. The summed E-state index contributed by atoms with van der Waals surface area (Å²) in [4.78, 5) is 0. The van der Waals surface area contributed by atoms with Gasteiger partial charge in [-0.3, -0.25) is 0 Å². The molecule has 204 valence electrons. The van der Waals surface area contributed by atoms with Gasteiger partial charge in [0.2, 0.25) is 5.79 Å². The van der Waals surface area contributed by atoms with Crippen LogP contribution in [0.5, 0.6) is 0 Å². The number of rotatable bonds is 6. The van der Waals surface area contributed by atoms with E-state index < -0.39 is 79.5 Å². The summed E-state index contributed by atoms with van der Waals surface area (Å²) in [5, 5.41) is 0. The van der Waals surface area contributed by atoms with Crippen molar-refractivity contribution >= 4 is 0 Å². The predicted molar refractivity (Wildman–Crippen MR) is 74.5 cm³/mol. The summed E-state index contributed by atoms with van der Waals surface area (Å²) in [5.74, 6) is -10.2. The standard InChI is InChI=1S/C15H13F17O2/c1-2-3-4-33-8(11(20,14(27,28)29)15(30,31)32)5-6(10(17,18)19)7(34-8)9(16,12(21,22)23)13(24,25)26/h6-7H,2-5H2,1H3. The summed E-state index contributed by atoms with van der Waals surface area (Å²) >= 11 is 0. The van der Waals surface area contributed by atoms with Gasteiger partial charge in [-0.2, -0.15) is 65.9 Å². The van der Waals surface area contributed by atoms with Crippen LogP contribution in [0, 0.1) is 5.92 Å². The highest BCUT2D eigenvalue weighted by Crippen LogP contribution is 2.64. The molecule has 1 fully saturated rings. The zero-order chi connectivity index (χ0) is 27.4. The molecule has 0 aliphatic carbocycles. The predicted octanol–water partition coefficient (Wildman–Crippen LogP) is 7.13. The molecule has 0 aromatic heterocycles. The van der Waals surface area contributed by atoms with Gasteiger partial charge in [-0.25, -0.2) is 8.78 Å². The van der Waals surface area contributed by atoms with Crippen LogP contribution in [0.25, 0.3) is 0 Å². The third kappa shape index (κ3) is 4.74. The van der Waals surface area contributed by atoms with Gasteiger partial charge in [-0.15, -0.1) is 0 Å². The monoisotopic (exact) mass is 548 g/mol. The second-order valence-electron chi connectivity index (χ2n) is 7.21. The summed E-state index contributed by atoms with van der Waals surface area (Å²) < 4.78 is 234. The fourth-order valence-corrected chi connectivity index (χ4v) is 3.25. The smallest absolute Gasteiger partial charge is 0.346 e. The molecule has 0 radical (unpaired) electrons. The van der Waals surface area contributed by atoms with E-state index in [-0.39, 0.29) is 6.42 Å². The largest absolute Gasteiger partial charge is 0.437 e. The zero-order valence-corrected chi connectivity index (χ0v) is 16.2. The van der Waals surface area contributed by atoms with Gasteiger partial charge >= 0.3 is 42.2 Å². The fraction of sp³-hybridized carbons (Fsp3) is 1.00. The highest BCUT2D eigenvalue weighted by atomic mass is 19.4. The maximum absolute atomic E-state index is 14.8. The lowest BCUT2D eigenvalue weighted by atomic mass is 9.82. The van der Waals surface area contributed by atoms with Crippen molar-refractivity contribution in [2.45, 2.75) is 80.3 Å². The third-order valence-corrected chi connectivity index (χ3v) is 4.95. The number of ether oxygens (including phenoxy) is 2. The van der Waals surface area contributed by atoms with Gasteiger partial charge in [0.1, 0.15) is 6.10 Å². The lowest BCUT2D eigenvalue weighted by molar-refractivity contribution is -0.449.